The second-order valence-corrected chi connectivity index (χ2v) is 7.45. The van der Waals surface area contributed by atoms with Gasteiger partial charge in [0.15, 0.2) is 0 Å². The van der Waals surface area contributed by atoms with Gasteiger partial charge in [-0.2, -0.15) is 0 Å². The van der Waals surface area contributed by atoms with Crippen molar-refractivity contribution in [3.8, 4) is 0 Å². The molecule has 3 heteroatoms. The van der Waals surface area contributed by atoms with Gasteiger partial charge in [-0.3, -0.25) is 4.90 Å². The van der Waals surface area contributed by atoms with Crippen molar-refractivity contribution >= 4 is 42.9 Å². The molecule has 2 bridgehead atoms. The van der Waals surface area contributed by atoms with Crippen molar-refractivity contribution in [1.29, 1.82) is 0 Å². The first-order valence-electron chi connectivity index (χ1n) is 6.84. The third-order valence-corrected chi connectivity index (χ3v) is 6.90. The molecule has 4 rings (SSSR count). The Balaban J connectivity index is 1.83. The molecular formula is C16H16BrNS. The van der Waals surface area contributed by atoms with E-state index in [4.69, 9.17) is 0 Å². The van der Waals surface area contributed by atoms with Gasteiger partial charge in [0, 0.05) is 31.5 Å². The summed E-state index contributed by atoms with van der Waals surface area (Å²) in [7, 11) is 2.27. The molecule has 2 atom stereocenters. The maximum absolute atomic E-state index is 3.82. The SMILES string of the molecule is CN1C2C=C(c3sc4ccccc4c3Br)CC1CC2. The third kappa shape index (κ3) is 1.83. The molecule has 3 heterocycles. The van der Waals surface area contributed by atoms with Crippen LogP contribution in [0.4, 0.5) is 0 Å². The minimum absolute atomic E-state index is 0.658. The first-order chi connectivity index (χ1) is 9.24. The average molecular weight is 334 g/mol. The molecular weight excluding hydrogens is 318 g/mol. The van der Waals surface area contributed by atoms with E-state index in [2.05, 4.69) is 58.2 Å². The topological polar surface area (TPSA) is 3.24 Å². The third-order valence-electron chi connectivity index (χ3n) is 4.57. The van der Waals surface area contributed by atoms with Gasteiger partial charge in [0.25, 0.3) is 0 Å². The van der Waals surface area contributed by atoms with Crippen molar-refractivity contribution in [3.63, 3.8) is 0 Å². The fourth-order valence-corrected chi connectivity index (χ4v) is 5.53. The van der Waals surface area contributed by atoms with Crippen molar-refractivity contribution < 1.29 is 0 Å². The lowest BCUT2D eigenvalue weighted by atomic mass is 10.0. The second-order valence-electron chi connectivity index (χ2n) is 5.60. The maximum atomic E-state index is 3.82. The predicted molar refractivity (Wildman–Crippen MR) is 86.7 cm³/mol. The first kappa shape index (κ1) is 12.1. The van der Waals surface area contributed by atoms with Gasteiger partial charge in [-0.1, -0.05) is 24.3 Å². The number of likely N-dealkylation sites (N-methyl/N-ethyl adjacent to an activating group) is 1. The van der Waals surface area contributed by atoms with Crippen LogP contribution in [-0.2, 0) is 0 Å². The van der Waals surface area contributed by atoms with E-state index in [1.165, 1.54) is 38.7 Å². The number of hydrogen-bond donors (Lipinski definition) is 0. The lowest BCUT2D eigenvalue weighted by Gasteiger charge is -2.30. The van der Waals surface area contributed by atoms with Crippen LogP contribution in [0.15, 0.2) is 34.8 Å². The number of benzene rings is 1. The molecule has 2 aromatic rings. The number of rotatable bonds is 1. The molecule has 1 nitrogen and oxygen atoms in total. The van der Waals surface area contributed by atoms with Crippen molar-refractivity contribution in [2.45, 2.75) is 31.3 Å². The standard InChI is InChI=1S/C16H16BrNS/c1-18-11-6-7-12(18)9-10(8-11)16-15(17)13-4-2-3-5-14(13)19-16/h2-5,8,11-12H,6-7,9H2,1H3. The fourth-order valence-electron chi connectivity index (χ4n) is 3.43. The predicted octanol–water partition coefficient (Wildman–Crippen LogP) is 4.91. The summed E-state index contributed by atoms with van der Waals surface area (Å²) in [5.41, 5.74) is 1.55. The molecule has 19 heavy (non-hydrogen) atoms. The Bertz CT molecular complexity index is 672. The van der Waals surface area contributed by atoms with Crippen molar-refractivity contribution in [2.75, 3.05) is 7.05 Å². The Kier molecular flexibility index (Phi) is 2.83. The van der Waals surface area contributed by atoms with E-state index in [1.807, 2.05) is 11.3 Å². The lowest BCUT2D eigenvalue weighted by Crippen LogP contribution is -2.34. The number of halogens is 1. The van der Waals surface area contributed by atoms with Crippen LogP contribution in [0.3, 0.4) is 0 Å². The van der Waals surface area contributed by atoms with Gasteiger partial charge >= 0.3 is 0 Å². The zero-order valence-corrected chi connectivity index (χ0v) is 13.3. The summed E-state index contributed by atoms with van der Waals surface area (Å²) in [6.07, 6.45) is 6.38. The van der Waals surface area contributed by atoms with E-state index in [-0.39, 0.29) is 0 Å². The smallest absolute Gasteiger partial charge is 0.0455 e. The van der Waals surface area contributed by atoms with Gasteiger partial charge in [0.1, 0.15) is 0 Å². The quantitative estimate of drug-likeness (QED) is 0.716. The van der Waals surface area contributed by atoms with E-state index >= 15 is 0 Å². The maximum Gasteiger partial charge on any atom is 0.0455 e. The molecule has 0 saturated carbocycles. The highest BCUT2D eigenvalue weighted by atomic mass is 79.9. The van der Waals surface area contributed by atoms with Crippen LogP contribution >= 0.6 is 27.3 Å². The largest absolute Gasteiger partial charge is 0.297 e. The van der Waals surface area contributed by atoms with E-state index in [9.17, 15) is 0 Å². The molecule has 2 aliphatic rings. The fraction of sp³-hybridized carbons (Fsp3) is 0.375. The molecule has 1 fully saturated rings. The summed E-state index contributed by atoms with van der Waals surface area (Å²) in [6, 6.07) is 10.1. The molecule has 2 aliphatic heterocycles. The molecule has 0 N–H and O–H groups in total. The molecule has 0 aliphatic carbocycles. The minimum Gasteiger partial charge on any atom is -0.297 e. The Morgan fingerprint density at radius 3 is 2.89 bits per heavy atom. The van der Waals surface area contributed by atoms with Crippen LogP contribution in [0.2, 0.25) is 0 Å². The average Bonchev–Trinajstić information content (AvgIpc) is 2.84. The zero-order chi connectivity index (χ0) is 13.0. The Morgan fingerprint density at radius 2 is 2.11 bits per heavy atom. The summed E-state index contributed by atoms with van der Waals surface area (Å²) in [5.74, 6) is 0. The summed E-state index contributed by atoms with van der Waals surface area (Å²) >= 11 is 5.75. The normalized spacial score (nSPS) is 26.9. The molecule has 1 aromatic carbocycles. The molecule has 0 amide bonds. The van der Waals surface area contributed by atoms with Gasteiger partial charge in [0.05, 0.1) is 0 Å². The number of fused-ring (bicyclic) bond motifs is 3. The number of nitrogens with zero attached hydrogens (tertiary/aromatic N) is 1. The molecule has 1 saturated heterocycles. The van der Waals surface area contributed by atoms with E-state index in [1.54, 1.807) is 5.57 Å². The Hall–Kier alpha value is -0.640. The van der Waals surface area contributed by atoms with Gasteiger partial charge in [-0.25, -0.2) is 0 Å². The van der Waals surface area contributed by atoms with Gasteiger partial charge in [0.2, 0.25) is 0 Å². The number of thiophene rings is 1. The van der Waals surface area contributed by atoms with Crippen LogP contribution in [0, 0.1) is 0 Å². The van der Waals surface area contributed by atoms with E-state index < -0.39 is 0 Å². The second kappa shape index (κ2) is 4.44. The van der Waals surface area contributed by atoms with Gasteiger partial charge in [-0.05, 0) is 53.9 Å². The summed E-state index contributed by atoms with van der Waals surface area (Å²) in [5, 5.41) is 1.36. The first-order valence-corrected chi connectivity index (χ1v) is 8.45. The minimum atomic E-state index is 0.658. The Labute approximate surface area is 126 Å². The molecule has 98 valence electrons. The lowest BCUT2D eigenvalue weighted by molar-refractivity contribution is 0.264. The van der Waals surface area contributed by atoms with Crippen LogP contribution < -0.4 is 0 Å². The molecule has 0 spiro atoms. The molecule has 1 aromatic heterocycles. The summed E-state index contributed by atoms with van der Waals surface area (Å²) in [6.45, 7) is 0. The monoisotopic (exact) mass is 333 g/mol. The van der Waals surface area contributed by atoms with Gasteiger partial charge < -0.3 is 0 Å². The Morgan fingerprint density at radius 1 is 1.26 bits per heavy atom. The van der Waals surface area contributed by atoms with E-state index in [0.717, 1.165) is 6.04 Å². The summed E-state index contributed by atoms with van der Waals surface area (Å²) < 4.78 is 2.68. The van der Waals surface area contributed by atoms with Crippen molar-refractivity contribution in [1.82, 2.24) is 4.90 Å². The van der Waals surface area contributed by atoms with Crippen molar-refractivity contribution in [2.24, 2.45) is 0 Å². The van der Waals surface area contributed by atoms with Crippen LogP contribution in [0.25, 0.3) is 15.7 Å². The van der Waals surface area contributed by atoms with Crippen molar-refractivity contribution in [3.05, 3.63) is 39.7 Å². The van der Waals surface area contributed by atoms with Crippen LogP contribution in [-0.4, -0.2) is 24.0 Å². The summed E-state index contributed by atoms with van der Waals surface area (Å²) in [4.78, 5) is 4.00. The van der Waals surface area contributed by atoms with Crippen LogP contribution in [0.1, 0.15) is 24.1 Å². The van der Waals surface area contributed by atoms with E-state index in [0.29, 0.717) is 6.04 Å². The number of hydrogen-bond acceptors (Lipinski definition) is 2. The highest BCUT2D eigenvalue weighted by Crippen LogP contribution is 2.45. The zero-order valence-electron chi connectivity index (χ0n) is 10.9. The highest BCUT2D eigenvalue weighted by molar-refractivity contribution is 9.10. The van der Waals surface area contributed by atoms with Crippen LogP contribution in [0.5, 0.6) is 0 Å². The molecule has 0 radical (unpaired) electrons. The van der Waals surface area contributed by atoms with Gasteiger partial charge in [-0.15, -0.1) is 11.3 Å². The highest BCUT2D eigenvalue weighted by Gasteiger charge is 2.34. The molecule has 2 unspecified atom stereocenters.